The minimum atomic E-state index is -3.17. The molecule has 0 unspecified atom stereocenters. The maximum Gasteiger partial charge on any atom is 0.214 e. The van der Waals surface area contributed by atoms with Crippen molar-refractivity contribution in [2.24, 2.45) is 0 Å². The number of anilines is 1. The molecule has 0 bridgehead atoms. The van der Waals surface area contributed by atoms with E-state index in [2.05, 4.69) is 4.72 Å². The Balaban J connectivity index is 1.94. The van der Waals surface area contributed by atoms with Gasteiger partial charge in [0.05, 0.1) is 5.25 Å². The highest BCUT2D eigenvalue weighted by Crippen LogP contribution is 2.23. The van der Waals surface area contributed by atoms with Crippen LogP contribution < -0.4 is 10.5 Å². The lowest BCUT2D eigenvalue weighted by atomic mass is 10.0. The molecule has 1 aromatic rings. The van der Waals surface area contributed by atoms with Gasteiger partial charge < -0.3 is 5.73 Å². The highest BCUT2D eigenvalue weighted by Gasteiger charge is 2.26. The summed E-state index contributed by atoms with van der Waals surface area (Å²) >= 11 is 0. The zero-order valence-electron chi connectivity index (χ0n) is 10.4. The maximum atomic E-state index is 12.1. The third-order valence-electron chi connectivity index (χ3n) is 3.45. The first-order chi connectivity index (χ1) is 8.58. The molecule has 0 atom stereocenters. The third kappa shape index (κ3) is 3.46. The second kappa shape index (κ2) is 5.71. The van der Waals surface area contributed by atoms with Gasteiger partial charge in [0.15, 0.2) is 0 Å². The Kier molecular flexibility index (Phi) is 4.24. The lowest BCUT2D eigenvalue weighted by molar-refractivity contribution is 0.477. The summed E-state index contributed by atoms with van der Waals surface area (Å²) in [5, 5.41) is -0.208. The minimum absolute atomic E-state index is 0.208. The van der Waals surface area contributed by atoms with Crippen molar-refractivity contribution in [1.29, 1.82) is 0 Å². The molecule has 1 fully saturated rings. The molecule has 0 radical (unpaired) electrons. The maximum absolute atomic E-state index is 12.1. The fourth-order valence-electron chi connectivity index (χ4n) is 2.31. The molecular formula is C13H20N2O2S. The molecule has 5 heteroatoms. The molecule has 1 aromatic carbocycles. The van der Waals surface area contributed by atoms with Crippen molar-refractivity contribution >= 4 is 15.7 Å². The molecule has 100 valence electrons. The molecule has 3 N–H and O–H groups in total. The van der Waals surface area contributed by atoms with Crippen LogP contribution in [0.4, 0.5) is 5.69 Å². The molecule has 1 aliphatic carbocycles. The van der Waals surface area contributed by atoms with Gasteiger partial charge in [0.2, 0.25) is 10.0 Å². The number of rotatable bonds is 4. The fraction of sp³-hybridized carbons (Fsp3) is 0.538. The van der Waals surface area contributed by atoms with Crippen molar-refractivity contribution in [2.75, 3.05) is 5.73 Å². The first kappa shape index (κ1) is 13.4. The molecule has 0 spiro atoms. The van der Waals surface area contributed by atoms with Gasteiger partial charge in [0.25, 0.3) is 0 Å². The molecule has 1 saturated carbocycles. The van der Waals surface area contributed by atoms with Crippen LogP contribution in [0.25, 0.3) is 0 Å². The second-order valence-electron chi connectivity index (χ2n) is 4.87. The van der Waals surface area contributed by atoms with Gasteiger partial charge >= 0.3 is 0 Å². The van der Waals surface area contributed by atoms with E-state index in [1.54, 1.807) is 12.1 Å². The first-order valence-corrected chi connectivity index (χ1v) is 7.95. The van der Waals surface area contributed by atoms with Gasteiger partial charge in [-0.05, 0) is 30.5 Å². The second-order valence-corrected chi connectivity index (χ2v) is 6.91. The largest absolute Gasteiger partial charge is 0.399 e. The summed E-state index contributed by atoms with van der Waals surface area (Å²) in [6, 6.07) is 7.26. The van der Waals surface area contributed by atoms with E-state index in [4.69, 9.17) is 5.73 Å². The molecule has 18 heavy (non-hydrogen) atoms. The standard InChI is InChI=1S/C13H20N2O2S/c14-12-8-6-11(7-9-12)10-15-18(16,17)13-4-2-1-3-5-13/h6-9,13,15H,1-5,10,14H2. The zero-order chi connectivity index (χ0) is 13.0. The number of nitrogen functional groups attached to an aromatic ring is 1. The van der Waals surface area contributed by atoms with Crippen LogP contribution in [0.5, 0.6) is 0 Å². The van der Waals surface area contributed by atoms with E-state index in [0.29, 0.717) is 12.2 Å². The normalized spacial score (nSPS) is 17.8. The van der Waals surface area contributed by atoms with Crippen molar-refractivity contribution < 1.29 is 8.42 Å². The van der Waals surface area contributed by atoms with Crippen LogP contribution in [0.2, 0.25) is 0 Å². The Labute approximate surface area is 109 Å². The number of sulfonamides is 1. The van der Waals surface area contributed by atoms with E-state index in [0.717, 1.165) is 37.7 Å². The molecular weight excluding hydrogens is 248 g/mol. The first-order valence-electron chi connectivity index (χ1n) is 6.41. The summed E-state index contributed by atoms with van der Waals surface area (Å²) < 4.78 is 26.9. The topological polar surface area (TPSA) is 72.2 Å². The summed E-state index contributed by atoms with van der Waals surface area (Å²) in [4.78, 5) is 0. The van der Waals surface area contributed by atoms with Crippen LogP contribution in [-0.4, -0.2) is 13.7 Å². The lowest BCUT2D eigenvalue weighted by Crippen LogP contribution is -2.35. The van der Waals surface area contributed by atoms with Crippen LogP contribution in [0, 0.1) is 0 Å². The number of hydrogen-bond donors (Lipinski definition) is 2. The predicted octanol–water partition coefficient (Wildman–Crippen LogP) is 2.02. The summed E-state index contributed by atoms with van der Waals surface area (Å²) in [7, 11) is -3.17. The molecule has 4 nitrogen and oxygen atoms in total. The van der Waals surface area contributed by atoms with Crippen LogP contribution >= 0.6 is 0 Å². The molecule has 0 saturated heterocycles. The average molecular weight is 268 g/mol. The molecule has 0 aromatic heterocycles. The van der Waals surface area contributed by atoms with E-state index in [1.807, 2.05) is 12.1 Å². The number of benzene rings is 1. The van der Waals surface area contributed by atoms with Gasteiger partial charge in [-0.2, -0.15) is 0 Å². The summed E-state index contributed by atoms with van der Waals surface area (Å²) in [6.45, 7) is 0.346. The van der Waals surface area contributed by atoms with Crippen molar-refractivity contribution in [2.45, 2.75) is 43.9 Å². The molecule has 2 rings (SSSR count). The zero-order valence-corrected chi connectivity index (χ0v) is 11.2. The van der Waals surface area contributed by atoms with Crippen molar-refractivity contribution in [1.82, 2.24) is 4.72 Å². The monoisotopic (exact) mass is 268 g/mol. The van der Waals surface area contributed by atoms with Gasteiger partial charge in [-0.15, -0.1) is 0 Å². The van der Waals surface area contributed by atoms with Gasteiger partial charge in [0.1, 0.15) is 0 Å². The van der Waals surface area contributed by atoms with E-state index < -0.39 is 10.0 Å². The fourth-order valence-corrected chi connectivity index (χ4v) is 3.87. The Morgan fingerprint density at radius 3 is 2.33 bits per heavy atom. The van der Waals surface area contributed by atoms with Crippen LogP contribution in [0.1, 0.15) is 37.7 Å². The minimum Gasteiger partial charge on any atom is -0.399 e. The van der Waals surface area contributed by atoms with Crippen LogP contribution in [-0.2, 0) is 16.6 Å². The molecule has 1 aliphatic rings. The van der Waals surface area contributed by atoms with Gasteiger partial charge in [-0.25, -0.2) is 13.1 Å². The van der Waals surface area contributed by atoms with Crippen LogP contribution in [0.3, 0.4) is 0 Å². The molecule has 0 heterocycles. The summed E-state index contributed by atoms with van der Waals surface area (Å²) in [5.74, 6) is 0. The Bertz CT molecular complexity index is 476. The van der Waals surface area contributed by atoms with E-state index in [9.17, 15) is 8.42 Å². The van der Waals surface area contributed by atoms with E-state index in [1.165, 1.54) is 0 Å². The highest BCUT2D eigenvalue weighted by atomic mass is 32.2. The number of nitrogens with two attached hydrogens (primary N) is 1. The van der Waals surface area contributed by atoms with Gasteiger partial charge in [0, 0.05) is 12.2 Å². The SMILES string of the molecule is Nc1ccc(CNS(=O)(=O)C2CCCCC2)cc1. The smallest absolute Gasteiger partial charge is 0.214 e. The van der Waals surface area contributed by atoms with Gasteiger partial charge in [-0.1, -0.05) is 31.4 Å². The molecule has 0 aliphatic heterocycles. The third-order valence-corrected chi connectivity index (χ3v) is 5.34. The summed E-state index contributed by atoms with van der Waals surface area (Å²) in [6.07, 6.45) is 4.78. The lowest BCUT2D eigenvalue weighted by Gasteiger charge is -2.22. The number of nitrogens with one attached hydrogen (secondary N) is 1. The molecule has 0 amide bonds. The van der Waals surface area contributed by atoms with E-state index >= 15 is 0 Å². The van der Waals surface area contributed by atoms with Crippen molar-refractivity contribution in [3.63, 3.8) is 0 Å². The summed E-state index contributed by atoms with van der Waals surface area (Å²) in [5.41, 5.74) is 7.21. The Hall–Kier alpha value is -1.07. The van der Waals surface area contributed by atoms with Gasteiger partial charge in [-0.3, -0.25) is 0 Å². The highest BCUT2D eigenvalue weighted by molar-refractivity contribution is 7.90. The quantitative estimate of drug-likeness (QED) is 0.821. The van der Waals surface area contributed by atoms with Crippen molar-refractivity contribution in [3.8, 4) is 0 Å². The van der Waals surface area contributed by atoms with Crippen molar-refractivity contribution in [3.05, 3.63) is 29.8 Å². The Morgan fingerprint density at radius 2 is 1.72 bits per heavy atom. The Morgan fingerprint density at radius 1 is 1.11 bits per heavy atom. The number of hydrogen-bond acceptors (Lipinski definition) is 3. The van der Waals surface area contributed by atoms with E-state index in [-0.39, 0.29) is 5.25 Å². The average Bonchev–Trinajstić information content (AvgIpc) is 2.39. The van der Waals surface area contributed by atoms with Crippen LogP contribution in [0.15, 0.2) is 24.3 Å². The predicted molar refractivity (Wildman–Crippen MR) is 73.5 cm³/mol.